The highest BCUT2D eigenvalue weighted by Gasteiger charge is 2.38. The third kappa shape index (κ3) is 2.96. The predicted octanol–water partition coefficient (Wildman–Crippen LogP) is 2.75. The molecule has 8 heteroatoms. The molecule has 0 amide bonds. The number of fused-ring (bicyclic) bond motifs is 1. The Morgan fingerprint density at radius 2 is 1.83 bits per heavy atom. The van der Waals surface area contributed by atoms with Gasteiger partial charge in [0.05, 0.1) is 31.9 Å². The maximum Gasteiger partial charge on any atom is 0.417 e. The van der Waals surface area contributed by atoms with Gasteiger partial charge in [-0.25, -0.2) is 0 Å². The monoisotopic (exact) mass is 328 g/mol. The van der Waals surface area contributed by atoms with Gasteiger partial charge < -0.3 is 20.9 Å². The van der Waals surface area contributed by atoms with Gasteiger partial charge in [-0.2, -0.15) is 13.2 Å². The largest absolute Gasteiger partial charge is 0.494 e. The molecule has 0 atom stereocenters. The molecular weight excluding hydrogens is 313 g/mol. The van der Waals surface area contributed by atoms with Gasteiger partial charge in [0.2, 0.25) is 0 Å². The van der Waals surface area contributed by atoms with Crippen LogP contribution in [0, 0.1) is 0 Å². The number of hydrogen-bond acceptors (Lipinski definition) is 5. The average Bonchev–Trinajstić information content (AvgIpc) is 2.47. The van der Waals surface area contributed by atoms with E-state index in [2.05, 4.69) is 4.74 Å². The fourth-order valence-electron chi connectivity index (χ4n) is 2.49. The number of esters is 1. The van der Waals surface area contributed by atoms with Crippen LogP contribution < -0.4 is 16.2 Å². The van der Waals surface area contributed by atoms with E-state index in [0.717, 1.165) is 7.11 Å². The van der Waals surface area contributed by atoms with Crippen LogP contribution in [0.15, 0.2) is 18.2 Å². The van der Waals surface area contributed by atoms with Gasteiger partial charge in [-0.1, -0.05) is 6.07 Å². The lowest BCUT2D eigenvalue weighted by Crippen LogP contribution is -2.17. The average molecular weight is 328 g/mol. The normalized spacial score (nSPS) is 11.5. The van der Waals surface area contributed by atoms with Crippen molar-refractivity contribution in [3.8, 4) is 5.75 Å². The Morgan fingerprint density at radius 3 is 2.35 bits per heavy atom. The van der Waals surface area contributed by atoms with Gasteiger partial charge >= 0.3 is 12.1 Å². The van der Waals surface area contributed by atoms with Gasteiger partial charge in [-0.15, -0.1) is 0 Å². The number of benzene rings is 2. The summed E-state index contributed by atoms with van der Waals surface area (Å²) < 4.78 is 50.3. The minimum absolute atomic E-state index is 0.0409. The molecule has 23 heavy (non-hydrogen) atoms. The van der Waals surface area contributed by atoms with Crippen molar-refractivity contribution in [3.05, 3.63) is 29.3 Å². The Balaban J connectivity index is 2.94. The van der Waals surface area contributed by atoms with Crippen molar-refractivity contribution in [2.24, 2.45) is 0 Å². The maximum absolute atomic E-state index is 13.6. The van der Waals surface area contributed by atoms with Gasteiger partial charge in [0, 0.05) is 16.6 Å². The van der Waals surface area contributed by atoms with Gasteiger partial charge in [-0.05, 0) is 17.5 Å². The quantitative estimate of drug-likeness (QED) is 0.668. The number of nitrogens with two attached hydrogens (primary N) is 2. The van der Waals surface area contributed by atoms with Crippen molar-refractivity contribution in [2.45, 2.75) is 12.6 Å². The molecule has 2 rings (SSSR count). The molecular formula is C15H15F3N2O3. The first-order chi connectivity index (χ1) is 10.7. The Hall–Kier alpha value is -2.64. The summed E-state index contributed by atoms with van der Waals surface area (Å²) in [5, 5.41) is -0.0115. The van der Waals surface area contributed by atoms with Crippen molar-refractivity contribution < 1.29 is 27.4 Å². The van der Waals surface area contributed by atoms with Crippen LogP contribution in [0.1, 0.15) is 11.1 Å². The summed E-state index contributed by atoms with van der Waals surface area (Å²) in [5.74, 6) is -0.793. The third-order valence-electron chi connectivity index (χ3n) is 3.47. The van der Waals surface area contributed by atoms with E-state index in [1.807, 2.05) is 0 Å². The standard InChI is InChI=1S/C15H15F3N2O3/c1-22-11(21)6-10-12(15(16,17)18)8-4-3-7(19)5-9(8)14(23-2)13(10)20/h3-5H,6,19-20H2,1-2H3. The highest BCUT2D eigenvalue weighted by atomic mass is 19.4. The first-order valence-corrected chi connectivity index (χ1v) is 6.52. The Kier molecular flexibility index (Phi) is 4.26. The van der Waals surface area contributed by atoms with Crippen molar-refractivity contribution in [1.82, 2.24) is 0 Å². The number of rotatable bonds is 3. The van der Waals surface area contributed by atoms with E-state index in [-0.39, 0.29) is 33.5 Å². The summed E-state index contributed by atoms with van der Waals surface area (Å²) in [6.07, 6.45) is -5.33. The van der Waals surface area contributed by atoms with Gasteiger partial charge in [0.25, 0.3) is 0 Å². The number of hydrogen-bond donors (Lipinski definition) is 2. The summed E-state index contributed by atoms with van der Waals surface area (Å²) in [6.45, 7) is 0. The number of ether oxygens (including phenoxy) is 2. The molecule has 5 nitrogen and oxygen atoms in total. The maximum atomic E-state index is 13.6. The second kappa shape index (κ2) is 5.86. The predicted molar refractivity (Wildman–Crippen MR) is 80.0 cm³/mol. The minimum atomic E-state index is -4.71. The molecule has 124 valence electrons. The molecule has 0 aliphatic rings. The van der Waals surface area contributed by atoms with E-state index in [1.165, 1.54) is 25.3 Å². The molecule has 0 aliphatic carbocycles. The zero-order valence-electron chi connectivity index (χ0n) is 12.5. The molecule has 4 N–H and O–H groups in total. The van der Waals surface area contributed by atoms with Crippen molar-refractivity contribution in [2.75, 3.05) is 25.7 Å². The first kappa shape index (κ1) is 16.7. The number of nitrogen functional groups attached to an aromatic ring is 2. The molecule has 0 fully saturated rings. The Labute approximate surface area is 130 Å². The lowest BCUT2D eigenvalue weighted by atomic mass is 9.93. The topological polar surface area (TPSA) is 87.6 Å². The Morgan fingerprint density at radius 1 is 1.17 bits per heavy atom. The molecule has 2 aromatic carbocycles. The number of alkyl halides is 3. The second-order valence-corrected chi connectivity index (χ2v) is 4.86. The first-order valence-electron chi connectivity index (χ1n) is 6.52. The minimum Gasteiger partial charge on any atom is -0.494 e. The number of carbonyl (C=O) groups is 1. The zero-order chi connectivity index (χ0) is 17.4. The van der Waals surface area contributed by atoms with Gasteiger partial charge in [0.15, 0.2) is 0 Å². The van der Waals surface area contributed by atoms with Crippen molar-refractivity contribution in [1.29, 1.82) is 0 Å². The lowest BCUT2D eigenvalue weighted by Gasteiger charge is -2.20. The third-order valence-corrected chi connectivity index (χ3v) is 3.47. The van der Waals surface area contributed by atoms with Crippen LogP contribution >= 0.6 is 0 Å². The van der Waals surface area contributed by atoms with Gasteiger partial charge in [-0.3, -0.25) is 4.79 Å². The van der Waals surface area contributed by atoms with Gasteiger partial charge in [0.1, 0.15) is 5.75 Å². The SMILES string of the molecule is COC(=O)Cc1c(N)c(OC)c2cc(N)ccc2c1C(F)(F)F. The molecule has 0 spiro atoms. The molecule has 0 radical (unpaired) electrons. The molecule has 0 saturated heterocycles. The molecule has 0 saturated carbocycles. The number of methoxy groups -OCH3 is 2. The van der Waals surface area contributed by atoms with Crippen LogP contribution in [0.4, 0.5) is 24.5 Å². The molecule has 0 heterocycles. The fourth-order valence-corrected chi connectivity index (χ4v) is 2.49. The molecule has 0 aromatic heterocycles. The summed E-state index contributed by atoms with van der Waals surface area (Å²) >= 11 is 0. The Bertz CT molecular complexity index is 773. The highest BCUT2D eigenvalue weighted by molar-refractivity contribution is 6.00. The van der Waals surface area contributed by atoms with Crippen molar-refractivity contribution in [3.63, 3.8) is 0 Å². The van der Waals surface area contributed by atoms with Crippen LogP contribution in [-0.4, -0.2) is 20.2 Å². The summed E-state index contributed by atoms with van der Waals surface area (Å²) in [7, 11) is 2.37. The van der Waals surface area contributed by atoms with E-state index in [9.17, 15) is 18.0 Å². The smallest absolute Gasteiger partial charge is 0.417 e. The molecule has 0 aliphatic heterocycles. The highest BCUT2D eigenvalue weighted by Crippen LogP contribution is 2.46. The summed E-state index contributed by atoms with van der Waals surface area (Å²) in [4.78, 5) is 11.5. The number of anilines is 2. The van der Waals surface area contributed by atoms with E-state index >= 15 is 0 Å². The van der Waals surface area contributed by atoms with Crippen molar-refractivity contribution >= 4 is 28.1 Å². The number of carbonyl (C=O) groups excluding carboxylic acids is 1. The van der Waals surface area contributed by atoms with Crippen LogP contribution in [0.25, 0.3) is 10.8 Å². The molecule has 2 aromatic rings. The van der Waals surface area contributed by atoms with Crippen LogP contribution in [0.2, 0.25) is 0 Å². The van der Waals surface area contributed by atoms with Crippen LogP contribution in [-0.2, 0) is 22.1 Å². The molecule has 0 bridgehead atoms. The number of halogens is 3. The zero-order valence-corrected chi connectivity index (χ0v) is 12.5. The lowest BCUT2D eigenvalue weighted by molar-refractivity contribution is -0.141. The van der Waals surface area contributed by atoms with E-state index in [1.54, 1.807) is 0 Å². The van der Waals surface area contributed by atoms with E-state index in [0.29, 0.717) is 0 Å². The second-order valence-electron chi connectivity index (χ2n) is 4.86. The van der Waals surface area contributed by atoms with E-state index < -0.39 is 24.1 Å². The van der Waals surface area contributed by atoms with Crippen LogP contribution in [0.5, 0.6) is 5.75 Å². The molecule has 0 unspecified atom stereocenters. The fraction of sp³-hybridized carbons (Fsp3) is 0.267. The summed E-state index contributed by atoms with van der Waals surface area (Å²) in [5.41, 5.74) is 10.1. The van der Waals surface area contributed by atoms with E-state index in [4.69, 9.17) is 16.2 Å². The summed E-state index contributed by atoms with van der Waals surface area (Å²) in [6, 6.07) is 3.92. The van der Waals surface area contributed by atoms with Crippen LogP contribution in [0.3, 0.4) is 0 Å².